The number of hydrogen-bond donors (Lipinski definition) is 2. The van der Waals surface area contributed by atoms with Gasteiger partial charge in [0.25, 0.3) is 5.91 Å². The molecule has 9 heteroatoms. The average Bonchev–Trinajstić information content (AvgIpc) is 3.55. The van der Waals surface area contributed by atoms with Gasteiger partial charge in [0.15, 0.2) is 0 Å². The zero-order chi connectivity index (χ0) is 22.9. The molecule has 2 aliphatic heterocycles. The molecule has 3 amide bonds. The summed E-state index contributed by atoms with van der Waals surface area (Å²) in [7, 11) is 1.89. The second-order valence-corrected chi connectivity index (χ2v) is 9.40. The van der Waals surface area contributed by atoms with Gasteiger partial charge in [-0.1, -0.05) is 12.8 Å². The number of imidazole rings is 1. The lowest BCUT2D eigenvalue weighted by molar-refractivity contribution is -0.123. The van der Waals surface area contributed by atoms with Crippen molar-refractivity contribution in [3.63, 3.8) is 0 Å². The zero-order valence-electron chi connectivity index (χ0n) is 19.1. The monoisotopic (exact) mass is 453 g/mol. The Hall–Kier alpha value is -2.94. The van der Waals surface area contributed by atoms with E-state index in [4.69, 9.17) is 9.72 Å². The van der Waals surface area contributed by atoms with E-state index in [0.717, 1.165) is 31.5 Å². The molecule has 3 fully saturated rings. The lowest BCUT2D eigenvalue weighted by Gasteiger charge is -2.27. The molecular weight excluding hydrogens is 422 g/mol. The molecule has 2 N–H and O–H groups in total. The maximum absolute atomic E-state index is 13.5. The normalized spacial score (nSPS) is 21.5. The first-order valence-corrected chi connectivity index (χ1v) is 12.0. The van der Waals surface area contributed by atoms with Crippen LogP contribution in [0.5, 0.6) is 0 Å². The first-order valence-electron chi connectivity index (χ1n) is 12.0. The third kappa shape index (κ3) is 4.46. The van der Waals surface area contributed by atoms with E-state index in [9.17, 15) is 14.4 Å². The highest BCUT2D eigenvalue weighted by Crippen LogP contribution is 2.33. The fourth-order valence-electron chi connectivity index (χ4n) is 5.35. The third-order valence-electron chi connectivity index (χ3n) is 7.01. The summed E-state index contributed by atoms with van der Waals surface area (Å²) in [6.45, 7) is 1.60. The summed E-state index contributed by atoms with van der Waals surface area (Å²) in [5, 5.41) is 5.75. The fourth-order valence-corrected chi connectivity index (χ4v) is 5.35. The van der Waals surface area contributed by atoms with Crippen LogP contribution in [0.4, 0.5) is 5.69 Å². The molecule has 1 saturated carbocycles. The zero-order valence-corrected chi connectivity index (χ0v) is 19.1. The molecule has 1 aliphatic carbocycles. The predicted octanol–water partition coefficient (Wildman–Crippen LogP) is 2.52. The van der Waals surface area contributed by atoms with Crippen LogP contribution in [0, 0.1) is 5.92 Å². The number of aryl methyl sites for hydroxylation is 1. The number of nitrogens with one attached hydrogen (secondary N) is 2. The van der Waals surface area contributed by atoms with Gasteiger partial charge in [0.1, 0.15) is 11.9 Å². The number of fused-ring (bicyclic) bond motifs is 1. The number of nitrogens with zero attached hydrogens (tertiary/aromatic N) is 3. The van der Waals surface area contributed by atoms with Gasteiger partial charge in [0.05, 0.1) is 23.1 Å². The summed E-state index contributed by atoms with van der Waals surface area (Å²) < 4.78 is 7.77. The van der Waals surface area contributed by atoms with E-state index >= 15 is 0 Å². The molecule has 3 aliphatic rings. The highest BCUT2D eigenvalue weighted by atomic mass is 16.5. The van der Waals surface area contributed by atoms with Crippen LogP contribution in [-0.4, -0.2) is 58.4 Å². The Morgan fingerprint density at radius 2 is 2.03 bits per heavy atom. The van der Waals surface area contributed by atoms with Crippen molar-refractivity contribution in [3.8, 4) is 0 Å². The summed E-state index contributed by atoms with van der Waals surface area (Å²) in [4.78, 5) is 44.5. The van der Waals surface area contributed by atoms with E-state index in [1.165, 1.54) is 12.8 Å². The van der Waals surface area contributed by atoms with Gasteiger partial charge in [-0.05, 0) is 43.7 Å². The van der Waals surface area contributed by atoms with Gasteiger partial charge in [0.2, 0.25) is 11.8 Å². The van der Waals surface area contributed by atoms with Crippen LogP contribution >= 0.6 is 0 Å². The SMILES string of the molecule is Cn1c([C@H]2CCCO2)nc2cc(NC(=O)CC3CCCC3)cc(C(=O)N3CCNC(=O)C3)c21. The van der Waals surface area contributed by atoms with Gasteiger partial charge < -0.3 is 24.8 Å². The van der Waals surface area contributed by atoms with E-state index in [0.29, 0.717) is 54.3 Å². The lowest BCUT2D eigenvalue weighted by atomic mass is 10.0. The highest BCUT2D eigenvalue weighted by Gasteiger charge is 2.29. The van der Waals surface area contributed by atoms with Crippen LogP contribution in [0.25, 0.3) is 11.0 Å². The minimum Gasteiger partial charge on any atom is -0.370 e. The fraction of sp³-hybridized carbons (Fsp3) is 0.583. The Morgan fingerprint density at radius 1 is 1.21 bits per heavy atom. The third-order valence-corrected chi connectivity index (χ3v) is 7.01. The standard InChI is InChI=1S/C24H31N5O4/c1-28-22-17(24(32)29-9-8-25-21(31)14-29)12-16(26-20(30)11-15-5-2-3-6-15)13-18(22)27-23(28)19-7-4-10-33-19/h12-13,15,19H,2-11,14H2,1H3,(H,25,31)(H,26,30)/t19-/m1/s1. The number of aromatic nitrogens is 2. The Bertz CT molecular complexity index is 1080. The molecular formula is C24H31N5O4. The van der Waals surface area contributed by atoms with Crippen molar-refractivity contribution in [2.45, 2.75) is 51.0 Å². The smallest absolute Gasteiger partial charge is 0.256 e. The maximum Gasteiger partial charge on any atom is 0.256 e. The molecule has 9 nitrogen and oxygen atoms in total. The number of ether oxygens (including phenoxy) is 1. The van der Waals surface area contributed by atoms with E-state index in [1.807, 2.05) is 17.7 Å². The molecule has 1 atom stereocenters. The van der Waals surface area contributed by atoms with Gasteiger partial charge >= 0.3 is 0 Å². The summed E-state index contributed by atoms with van der Waals surface area (Å²) in [5.74, 6) is 0.776. The van der Waals surface area contributed by atoms with Crippen LogP contribution in [0.2, 0.25) is 0 Å². The molecule has 176 valence electrons. The van der Waals surface area contributed by atoms with E-state index < -0.39 is 0 Å². The van der Waals surface area contributed by atoms with Gasteiger partial charge in [-0.15, -0.1) is 0 Å². The minimum atomic E-state index is -0.233. The highest BCUT2D eigenvalue weighted by molar-refractivity contribution is 6.08. The summed E-state index contributed by atoms with van der Waals surface area (Å²) in [6.07, 6.45) is 6.82. The topological polar surface area (TPSA) is 106 Å². The van der Waals surface area contributed by atoms with Crippen molar-refractivity contribution in [2.75, 3.05) is 31.6 Å². The number of hydrogen-bond acceptors (Lipinski definition) is 5. The molecule has 33 heavy (non-hydrogen) atoms. The number of rotatable bonds is 5. The number of anilines is 1. The first kappa shape index (κ1) is 21.9. The van der Waals surface area contributed by atoms with Crippen molar-refractivity contribution < 1.29 is 19.1 Å². The first-order chi connectivity index (χ1) is 16.0. The molecule has 1 aromatic carbocycles. The van der Waals surface area contributed by atoms with Gasteiger partial charge in [-0.2, -0.15) is 0 Å². The van der Waals surface area contributed by atoms with E-state index in [-0.39, 0.29) is 30.4 Å². The second kappa shape index (κ2) is 9.13. The second-order valence-electron chi connectivity index (χ2n) is 9.40. The van der Waals surface area contributed by atoms with Gasteiger partial charge in [-0.25, -0.2) is 4.98 Å². The van der Waals surface area contributed by atoms with E-state index in [1.54, 1.807) is 11.0 Å². The lowest BCUT2D eigenvalue weighted by Crippen LogP contribution is -2.50. The number of piperazine rings is 1. The molecule has 5 rings (SSSR count). The number of carbonyl (C=O) groups excluding carboxylic acids is 3. The van der Waals surface area contributed by atoms with Crippen LogP contribution in [0.3, 0.4) is 0 Å². The molecule has 3 heterocycles. The van der Waals surface area contributed by atoms with Crippen molar-refractivity contribution in [1.82, 2.24) is 19.8 Å². The molecule has 0 radical (unpaired) electrons. The van der Waals surface area contributed by atoms with E-state index in [2.05, 4.69) is 10.6 Å². The average molecular weight is 454 g/mol. The Morgan fingerprint density at radius 3 is 2.76 bits per heavy atom. The largest absolute Gasteiger partial charge is 0.370 e. The minimum absolute atomic E-state index is 0.0229. The van der Waals surface area contributed by atoms with Gasteiger partial charge in [0, 0.05) is 38.9 Å². The molecule has 2 saturated heterocycles. The van der Waals surface area contributed by atoms with Crippen molar-refractivity contribution in [2.24, 2.45) is 13.0 Å². The van der Waals surface area contributed by atoms with Crippen molar-refractivity contribution in [3.05, 3.63) is 23.5 Å². The Kier molecular flexibility index (Phi) is 6.05. The Labute approximate surface area is 192 Å². The van der Waals surface area contributed by atoms with Crippen LogP contribution in [0.15, 0.2) is 12.1 Å². The number of amides is 3. The molecule has 2 aromatic rings. The number of carbonyl (C=O) groups is 3. The predicted molar refractivity (Wildman–Crippen MR) is 123 cm³/mol. The summed E-state index contributed by atoms with van der Waals surface area (Å²) in [5.41, 5.74) is 2.35. The molecule has 1 aromatic heterocycles. The molecule has 0 unspecified atom stereocenters. The summed E-state index contributed by atoms with van der Waals surface area (Å²) >= 11 is 0. The molecule has 0 spiro atoms. The maximum atomic E-state index is 13.5. The Balaban J connectivity index is 1.50. The summed E-state index contributed by atoms with van der Waals surface area (Å²) in [6, 6.07) is 3.56. The van der Waals surface area contributed by atoms with Crippen LogP contribution < -0.4 is 10.6 Å². The van der Waals surface area contributed by atoms with Crippen LogP contribution in [-0.2, 0) is 21.4 Å². The number of benzene rings is 1. The molecule has 0 bridgehead atoms. The van der Waals surface area contributed by atoms with Crippen molar-refractivity contribution in [1.29, 1.82) is 0 Å². The van der Waals surface area contributed by atoms with Crippen LogP contribution in [0.1, 0.15) is 67.2 Å². The van der Waals surface area contributed by atoms with Crippen molar-refractivity contribution >= 4 is 34.4 Å². The van der Waals surface area contributed by atoms with Gasteiger partial charge in [-0.3, -0.25) is 14.4 Å². The quantitative estimate of drug-likeness (QED) is 0.724.